The number of ether oxygens (including phenoxy) is 1. The fraction of sp³-hybridized carbons (Fsp3) is 0.571. The molecule has 1 saturated carbocycles. The van der Waals surface area contributed by atoms with Gasteiger partial charge in [0, 0.05) is 13.6 Å². The van der Waals surface area contributed by atoms with Crippen molar-refractivity contribution in [3.63, 3.8) is 0 Å². The van der Waals surface area contributed by atoms with Gasteiger partial charge in [0.25, 0.3) is 0 Å². The summed E-state index contributed by atoms with van der Waals surface area (Å²) in [7, 11) is 2.10. The van der Waals surface area contributed by atoms with Gasteiger partial charge in [-0.1, -0.05) is 6.07 Å². The van der Waals surface area contributed by atoms with E-state index in [0.717, 1.165) is 29.6 Å². The first kappa shape index (κ1) is 12.1. The Morgan fingerprint density at radius 3 is 2.71 bits per heavy atom. The van der Waals surface area contributed by atoms with E-state index in [1.165, 1.54) is 12.8 Å². The van der Waals surface area contributed by atoms with E-state index in [0.29, 0.717) is 0 Å². The molecule has 0 unspecified atom stereocenters. The number of nitrogens with two attached hydrogens (primary N) is 1. The molecule has 3 nitrogen and oxygen atoms in total. The third-order valence-electron chi connectivity index (χ3n) is 3.05. The van der Waals surface area contributed by atoms with Crippen LogP contribution in [0.2, 0.25) is 0 Å². The first-order valence-electron chi connectivity index (χ1n) is 6.34. The average molecular weight is 234 g/mol. The second-order valence-corrected chi connectivity index (χ2v) is 5.18. The molecule has 0 atom stereocenters. The maximum absolute atomic E-state index is 6.16. The number of para-hydroxylation sites is 1. The molecule has 2 rings (SSSR count). The molecule has 1 aromatic carbocycles. The molecule has 0 bridgehead atoms. The van der Waals surface area contributed by atoms with Gasteiger partial charge >= 0.3 is 0 Å². The van der Waals surface area contributed by atoms with E-state index in [9.17, 15) is 0 Å². The minimum absolute atomic E-state index is 0.154. The number of benzene rings is 1. The SMILES string of the molecule is CC(C)Oc1cccc(N(C)CC2CC2)c1N. The summed E-state index contributed by atoms with van der Waals surface area (Å²) in [5.41, 5.74) is 7.99. The van der Waals surface area contributed by atoms with Crippen molar-refractivity contribution in [2.75, 3.05) is 24.2 Å². The lowest BCUT2D eigenvalue weighted by Gasteiger charge is -2.23. The lowest BCUT2D eigenvalue weighted by atomic mass is 10.2. The predicted octanol–water partition coefficient (Wildman–Crippen LogP) is 2.90. The maximum Gasteiger partial charge on any atom is 0.144 e. The van der Waals surface area contributed by atoms with Crippen molar-refractivity contribution in [1.29, 1.82) is 0 Å². The van der Waals surface area contributed by atoms with Crippen molar-refractivity contribution in [3.05, 3.63) is 18.2 Å². The molecule has 0 spiro atoms. The summed E-state index contributed by atoms with van der Waals surface area (Å²) in [6.45, 7) is 5.12. The normalized spacial score (nSPS) is 15.1. The van der Waals surface area contributed by atoms with Crippen LogP contribution in [-0.2, 0) is 0 Å². The summed E-state index contributed by atoms with van der Waals surface area (Å²) in [6.07, 6.45) is 2.86. The molecule has 2 N–H and O–H groups in total. The Morgan fingerprint density at radius 1 is 1.41 bits per heavy atom. The Labute approximate surface area is 104 Å². The van der Waals surface area contributed by atoms with Crippen LogP contribution in [0.1, 0.15) is 26.7 Å². The van der Waals surface area contributed by atoms with E-state index >= 15 is 0 Å². The fourth-order valence-electron chi connectivity index (χ4n) is 2.01. The average Bonchev–Trinajstić information content (AvgIpc) is 3.04. The van der Waals surface area contributed by atoms with Crippen molar-refractivity contribution in [1.82, 2.24) is 0 Å². The summed E-state index contributed by atoms with van der Waals surface area (Å²) >= 11 is 0. The Bertz CT molecular complexity index is 386. The highest BCUT2D eigenvalue weighted by molar-refractivity contribution is 5.73. The Balaban J connectivity index is 2.15. The highest BCUT2D eigenvalue weighted by Gasteiger charge is 2.24. The fourth-order valence-corrected chi connectivity index (χ4v) is 2.01. The molecule has 1 aliphatic carbocycles. The van der Waals surface area contributed by atoms with Crippen LogP contribution in [0.5, 0.6) is 5.75 Å². The minimum Gasteiger partial charge on any atom is -0.489 e. The van der Waals surface area contributed by atoms with Gasteiger partial charge in [0.15, 0.2) is 0 Å². The number of hydrogen-bond acceptors (Lipinski definition) is 3. The van der Waals surface area contributed by atoms with E-state index in [1.807, 2.05) is 26.0 Å². The lowest BCUT2D eigenvalue weighted by molar-refractivity contribution is 0.244. The van der Waals surface area contributed by atoms with Crippen LogP contribution in [0.25, 0.3) is 0 Å². The zero-order valence-electron chi connectivity index (χ0n) is 10.9. The van der Waals surface area contributed by atoms with Crippen LogP contribution in [-0.4, -0.2) is 19.7 Å². The van der Waals surface area contributed by atoms with Gasteiger partial charge in [-0.15, -0.1) is 0 Å². The van der Waals surface area contributed by atoms with E-state index < -0.39 is 0 Å². The quantitative estimate of drug-likeness (QED) is 0.796. The Hall–Kier alpha value is -1.38. The summed E-state index contributed by atoms with van der Waals surface area (Å²) in [4.78, 5) is 2.24. The van der Waals surface area contributed by atoms with E-state index in [-0.39, 0.29) is 6.10 Å². The van der Waals surface area contributed by atoms with Crippen LogP contribution in [0.4, 0.5) is 11.4 Å². The molecule has 1 aliphatic rings. The highest BCUT2D eigenvalue weighted by Crippen LogP contribution is 2.35. The first-order valence-corrected chi connectivity index (χ1v) is 6.34. The number of rotatable bonds is 5. The van der Waals surface area contributed by atoms with Gasteiger partial charge in [-0.05, 0) is 44.7 Å². The molecule has 0 heterocycles. The molecule has 3 heteroatoms. The van der Waals surface area contributed by atoms with Crippen molar-refractivity contribution < 1.29 is 4.74 Å². The molecule has 0 aliphatic heterocycles. The van der Waals surface area contributed by atoms with Crippen LogP contribution >= 0.6 is 0 Å². The Morgan fingerprint density at radius 2 is 2.12 bits per heavy atom. The van der Waals surface area contributed by atoms with Gasteiger partial charge in [-0.25, -0.2) is 0 Å². The van der Waals surface area contributed by atoms with Gasteiger partial charge in [0.2, 0.25) is 0 Å². The van der Waals surface area contributed by atoms with Crippen molar-refractivity contribution in [3.8, 4) is 5.75 Å². The molecule has 94 valence electrons. The summed E-state index contributed by atoms with van der Waals surface area (Å²) in [5.74, 6) is 1.65. The second kappa shape index (κ2) is 4.86. The largest absolute Gasteiger partial charge is 0.489 e. The van der Waals surface area contributed by atoms with Crippen molar-refractivity contribution >= 4 is 11.4 Å². The molecule has 0 aromatic heterocycles. The van der Waals surface area contributed by atoms with Crippen LogP contribution in [0.3, 0.4) is 0 Å². The lowest BCUT2D eigenvalue weighted by Crippen LogP contribution is -2.21. The van der Waals surface area contributed by atoms with Crippen LogP contribution in [0, 0.1) is 5.92 Å². The molecule has 1 fully saturated rings. The van der Waals surface area contributed by atoms with E-state index in [1.54, 1.807) is 0 Å². The highest BCUT2D eigenvalue weighted by atomic mass is 16.5. The van der Waals surface area contributed by atoms with Gasteiger partial charge in [-0.2, -0.15) is 0 Å². The molecular formula is C14H22N2O. The molecule has 17 heavy (non-hydrogen) atoms. The predicted molar refractivity (Wildman–Crippen MR) is 72.6 cm³/mol. The standard InChI is InChI=1S/C14H22N2O/c1-10(2)17-13-6-4-5-12(14(13)15)16(3)9-11-7-8-11/h4-6,10-11H,7-9,15H2,1-3H3. The summed E-state index contributed by atoms with van der Waals surface area (Å²) < 4.78 is 5.70. The number of nitrogen functional groups attached to an aromatic ring is 1. The van der Waals surface area contributed by atoms with E-state index in [2.05, 4.69) is 18.0 Å². The Kier molecular flexibility index (Phi) is 3.46. The number of hydrogen-bond donors (Lipinski definition) is 1. The summed E-state index contributed by atoms with van der Waals surface area (Å²) in [5, 5.41) is 0. The second-order valence-electron chi connectivity index (χ2n) is 5.18. The molecule has 0 radical (unpaired) electrons. The minimum atomic E-state index is 0.154. The van der Waals surface area contributed by atoms with Gasteiger partial charge in [0.05, 0.1) is 17.5 Å². The smallest absolute Gasteiger partial charge is 0.144 e. The summed E-state index contributed by atoms with van der Waals surface area (Å²) in [6, 6.07) is 6.00. The first-order chi connectivity index (χ1) is 8.08. The van der Waals surface area contributed by atoms with Crippen molar-refractivity contribution in [2.45, 2.75) is 32.8 Å². The van der Waals surface area contributed by atoms with Gasteiger partial charge in [0.1, 0.15) is 5.75 Å². The molecule has 0 amide bonds. The molecular weight excluding hydrogens is 212 g/mol. The van der Waals surface area contributed by atoms with Crippen LogP contribution < -0.4 is 15.4 Å². The molecule has 1 aromatic rings. The van der Waals surface area contributed by atoms with Gasteiger partial charge < -0.3 is 15.4 Å². The monoisotopic (exact) mass is 234 g/mol. The van der Waals surface area contributed by atoms with Gasteiger partial charge in [-0.3, -0.25) is 0 Å². The number of nitrogens with zero attached hydrogens (tertiary/aromatic N) is 1. The number of anilines is 2. The molecule has 0 saturated heterocycles. The zero-order chi connectivity index (χ0) is 12.4. The topological polar surface area (TPSA) is 38.5 Å². The van der Waals surface area contributed by atoms with E-state index in [4.69, 9.17) is 10.5 Å². The van der Waals surface area contributed by atoms with Crippen molar-refractivity contribution in [2.24, 2.45) is 5.92 Å². The zero-order valence-corrected chi connectivity index (χ0v) is 10.9. The third kappa shape index (κ3) is 3.05. The van der Waals surface area contributed by atoms with Crippen LogP contribution in [0.15, 0.2) is 18.2 Å². The maximum atomic E-state index is 6.16. The third-order valence-corrected chi connectivity index (χ3v) is 3.05.